The second kappa shape index (κ2) is 8.16. The molecular weight excluding hydrogens is 236 g/mol. The van der Waals surface area contributed by atoms with Crippen molar-refractivity contribution in [3.8, 4) is 5.75 Å². The SMILES string of the molecule is CCCC(CNCC)Cc1ncc(C)c(OC)c1C. The Kier molecular flexibility index (Phi) is 6.85. The van der Waals surface area contributed by atoms with Crippen molar-refractivity contribution in [3.05, 3.63) is 23.0 Å². The summed E-state index contributed by atoms with van der Waals surface area (Å²) in [7, 11) is 1.74. The van der Waals surface area contributed by atoms with Gasteiger partial charge in [0.15, 0.2) is 0 Å². The van der Waals surface area contributed by atoms with Crippen LogP contribution in [0.5, 0.6) is 5.75 Å². The van der Waals surface area contributed by atoms with Gasteiger partial charge in [0.2, 0.25) is 0 Å². The summed E-state index contributed by atoms with van der Waals surface area (Å²) in [5.74, 6) is 1.65. The largest absolute Gasteiger partial charge is 0.496 e. The molecule has 1 rings (SSSR count). The van der Waals surface area contributed by atoms with Crippen LogP contribution in [0.1, 0.15) is 43.5 Å². The molecule has 0 bridgehead atoms. The van der Waals surface area contributed by atoms with Gasteiger partial charge in [-0.3, -0.25) is 4.98 Å². The van der Waals surface area contributed by atoms with Crippen LogP contribution in [-0.2, 0) is 6.42 Å². The Balaban J connectivity index is 2.83. The number of methoxy groups -OCH3 is 1. The molecule has 1 N–H and O–H groups in total. The predicted octanol–water partition coefficient (Wildman–Crippen LogP) is 3.28. The first kappa shape index (κ1) is 16.0. The molecule has 1 aromatic rings. The van der Waals surface area contributed by atoms with Crippen molar-refractivity contribution < 1.29 is 4.74 Å². The molecule has 0 fully saturated rings. The van der Waals surface area contributed by atoms with Gasteiger partial charge in [-0.15, -0.1) is 0 Å². The Morgan fingerprint density at radius 2 is 2.05 bits per heavy atom. The fourth-order valence-corrected chi connectivity index (χ4v) is 2.58. The number of hydrogen-bond donors (Lipinski definition) is 1. The van der Waals surface area contributed by atoms with Crippen LogP contribution >= 0.6 is 0 Å². The van der Waals surface area contributed by atoms with Gasteiger partial charge in [0.1, 0.15) is 5.75 Å². The third-order valence-electron chi connectivity index (χ3n) is 3.61. The molecule has 1 heterocycles. The predicted molar refractivity (Wildman–Crippen MR) is 80.9 cm³/mol. The van der Waals surface area contributed by atoms with Crippen molar-refractivity contribution in [2.45, 2.75) is 47.0 Å². The summed E-state index contributed by atoms with van der Waals surface area (Å²) in [6.07, 6.45) is 5.42. The number of pyridine rings is 1. The van der Waals surface area contributed by atoms with Gasteiger partial charge in [0, 0.05) is 23.0 Å². The van der Waals surface area contributed by atoms with Crippen LogP contribution in [0.4, 0.5) is 0 Å². The van der Waals surface area contributed by atoms with Crippen molar-refractivity contribution in [1.29, 1.82) is 0 Å². The summed E-state index contributed by atoms with van der Waals surface area (Å²) in [6.45, 7) is 10.7. The van der Waals surface area contributed by atoms with E-state index in [0.29, 0.717) is 5.92 Å². The Hall–Kier alpha value is -1.09. The molecule has 0 aliphatic heterocycles. The third kappa shape index (κ3) is 4.50. The number of aryl methyl sites for hydroxylation is 1. The van der Waals surface area contributed by atoms with Crippen LogP contribution < -0.4 is 10.1 Å². The summed E-state index contributed by atoms with van der Waals surface area (Å²) < 4.78 is 5.48. The fraction of sp³-hybridized carbons (Fsp3) is 0.688. The lowest BCUT2D eigenvalue weighted by molar-refractivity contribution is 0.403. The quantitative estimate of drug-likeness (QED) is 0.782. The highest BCUT2D eigenvalue weighted by atomic mass is 16.5. The number of rotatable bonds is 8. The number of ether oxygens (including phenoxy) is 1. The van der Waals surface area contributed by atoms with Crippen LogP contribution in [0.3, 0.4) is 0 Å². The van der Waals surface area contributed by atoms with Crippen LogP contribution in [0.25, 0.3) is 0 Å². The van der Waals surface area contributed by atoms with Gasteiger partial charge in [-0.25, -0.2) is 0 Å². The lowest BCUT2D eigenvalue weighted by Crippen LogP contribution is -2.24. The Morgan fingerprint density at radius 1 is 1.32 bits per heavy atom. The molecule has 3 nitrogen and oxygen atoms in total. The second-order valence-corrected chi connectivity index (χ2v) is 5.21. The minimum atomic E-state index is 0.656. The smallest absolute Gasteiger partial charge is 0.128 e. The van der Waals surface area contributed by atoms with E-state index in [1.54, 1.807) is 7.11 Å². The molecule has 1 unspecified atom stereocenters. The third-order valence-corrected chi connectivity index (χ3v) is 3.61. The van der Waals surface area contributed by atoms with Gasteiger partial charge in [-0.1, -0.05) is 20.3 Å². The van der Waals surface area contributed by atoms with E-state index >= 15 is 0 Å². The maximum atomic E-state index is 5.48. The molecule has 19 heavy (non-hydrogen) atoms. The summed E-state index contributed by atoms with van der Waals surface area (Å²) >= 11 is 0. The molecule has 0 saturated carbocycles. The van der Waals surface area contributed by atoms with Gasteiger partial charge in [0.05, 0.1) is 7.11 Å². The van der Waals surface area contributed by atoms with E-state index < -0.39 is 0 Å². The first-order valence-corrected chi connectivity index (χ1v) is 7.33. The van der Waals surface area contributed by atoms with E-state index in [1.165, 1.54) is 24.1 Å². The first-order chi connectivity index (χ1) is 9.13. The topological polar surface area (TPSA) is 34.2 Å². The lowest BCUT2D eigenvalue weighted by atomic mass is 9.95. The number of aromatic nitrogens is 1. The molecule has 0 spiro atoms. The van der Waals surface area contributed by atoms with E-state index in [2.05, 4.69) is 31.1 Å². The average Bonchev–Trinajstić information content (AvgIpc) is 2.40. The summed E-state index contributed by atoms with van der Waals surface area (Å²) in [5, 5.41) is 3.45. The van der Waals surface area contributed by atoms with Crippen LogP contribution in [-0.4, -0.2) is 25.2 Å². The Bertz CT molecular complexity index is 391. The summed E-state index contributed by atoms with van der Waals surface area (Å²) in [4.78, 5) is 4.61. The number of nitrogens with one attached hydrogen (secondary N) is 1. The van der Waals surface area contributed by atoms with Crippen molar-refractivity contribution in [3.63, 3.8) is 0 Å². The zero-order valence-corrected chi connectivity index (χ0v) is 13.0. The molecule has 0 aliphatic carbocycles. The molecular formula is C16H28N2O. The van der Waals surface area contributed by atoms with Crippen LogP contribution in [0.15, 0.2) is 6.20 Å². The zero-order chi connectivity index (χ0) is 14.3. The van der Waals surface area contributed by atoms with Gasteiger partial charge in [-0.05, 0) is 45.7 Å². The van der Waals surface area contributed by atoms with E-state index in [0.717, 1.165) is 30.8 Å². The molecule has 0 amide bonds. The van der Waals surface area contributed by atoms with E-state index in [9.17, 15) is 0 Å². The van der Waals surface area contributed by atoms with Crippen molar-refractivity contribution in [2.75, 3.05) is 20.2 Å². The Labute approximate surface area is 117 Å². The highest BCUT2D eigenvalue weighted by molar-refractivity contribution is 5.41. The average molecular weight is 264 g/mol. The van der Waals surface area contributed by atoms with Gasteiger partial charge < -0.3 is 10.1 Å². The Morgan fingerprint density at radius 3 is 2.63 bits per heavy atom. The standard InChI is InChI=1S/C16H28N2O/c1-6-8-14(11-17-7-2)9-15-13(4)16(19-5)12(3)10-18-15/h10,14,17H,6-9,11H2,1-5H3. The lowest BCUT2D eigenvalue weighted by Gasteiger charge is -2.19. The van der Waals surface area contributed by atoms with Crippen molar-refractivity contribution >= 4 is 0 Å². The van der Waals surface area contributed by atoms with Gasteiger partial charge in [0.25, 0.3) is 0 Å². The van der Waals surface area contributed by atoms with Crippen LogP contribution in [0.2, 0.25) is 0 Å². The zero-order valence-electron chi connectivity index (χ0n) is 13.0. The van der Waals surface area contributed by atoms with E-state index in [4.69, 9.17) is 4.74 Å². The van der Waals surface area contributed by atoms with Crippen molar-refractivity contribution in [1.82, 2.24) is 10.3 Å². The monoisotopic (exact) mass is 264 g/mol. The second-order valence-electron chi connectivity index (χ2n) is 5.21. The number of nitrogens with zero attached hydrogens (tertiary/aromatic N) is 1. The van der Waals surface area contributed by atoms with E-state index in [-0.39, 0.29) is 0 Å². The minimum absolute atomic E-state index is 0.656. The molecule has 3 heteroatoms. The normalized spacial score (nSPS) is 12.5. The maximum absolute atomic E-state index is 5.48. The molecule has 1 aromatic heterocycles. The van der Waals surface area contributed by atoms with Crippen molar-refractivity contribution in [2.24, 2.45) is 5.92 Å². The molecule has 0 aliphatic rings. The maximum Gasteiger partial charge on any atom is 0.128 e. The van der Waals surface area contributed by atoms with Gasteiger partial charge >= 0.3 is 0 Å². The molecule has 1 atom stereocenters. The number of hydrogen-bond acceptors (Lipinski definition) is 3. The molecule has 0 saturated heterocycles. The summed E-state index contributed by atoms with van der Waals surface area (Å²) in [5.41, 5.74) is 3.49. The molecule has 0 radical (unpaired) electrons. The molecule has 108 valence electrons. The van der Waals surface area contributed by atoms with Gasteiger partial charge in [-0.2, -0.15) is 0 Å². The minimum Gasteiger partial charge on any atom is -0.496 e. The van der Waals surface area contributed by atoms with Crippen LogP contribution in [0, 0.1) is 19.8 Å². The summed E-state index contributed by atoms with van der Waals surface area (Å²) in [6, 6.07) is 0. The highest BCUT2D eigenvalue weighted by Crippen LogP contribution is 2.26. The highest BCUT2D eigenvalue weighted by Gasteiger charge is 2.14. The van der Waals surface area contributed by atoms with E-state index in [1.807, 2.05) is 13.1 Å². The first-order valence-electron chi connectivity index (χ1n) is 7.33. The molecule has 0 aromatic carbocycles. The fourth-order valence-electron chi connectivity index (χ4n) is 2.58.